The summed E-state index contributed by atoms with van der Waals surface area (Å²) in [6, 6.07) is -0.152. The highest BCUT2D eigenvalue weighted by Gasteiger charge is 2.40. The Morgan fingerprint density at radius 1 is 1.19 bits per heavy atom. The van der Waals surface area contributed by atoms with Gasteiger partial charge in [-0.2, -0.15) is 0 Å². The van der Waals surface area contributed by atoms with Crippen molar-refractivity contribution >= 4 is 12.0 Å². The van der Waals surface area contributed by atoms with E-state index < -0.39 is 11.5 Å². The van der Waals surface area contributed by atoms with Crippen molar-refractivity contribution in [2.24, 2.45) is 5.92 Å². The predicted octanol–water partition coefficient (Wildman–Crippen LogP) is 3.04. The molecule has 5 nitrogen and oxygen atoms in total. The number of urea groups is 1. The number of carboxylic acids is 1. The molecule has 120 valence electrons. The normalized spacial score (nSPS) is 22.9. The Bertz CT molecular complexity index is 372. The lowest BCUT2D eigenvalue weighted by atomic mass is 9.90. The van der Waals surface area contributed by atoms with E-state index in [9.17, 15) is 14.7 Å². The van der Waals surface area contributed by atoms with E-state index >= 15 is 0 Å². The molecule has 2 aliphatic carbocycles. The quantitative estimate of drug-likeness (QED) is 0.659. The van der Waals surface area contributed by atoms with Crippen molar-refractivity contribution < 1.29 is 14.7 Å². The maximum absolute atomic E-state index is 12.2. The molecule has 1 unspecified atom stereocenters. The molecule has 2 rings (SSSR count). The second kappa shape index (κ2) is 7.14. The number of hydrogen-bond acceptors (Lipinski definition) is 2. The minimum absolute atomic E-state index is 0.161. The molecule has 0 aromatic rings. The predicted molar refractivity (Wildman–Crippen MR) is 81.2 cm³/mol. The van der Waals surface area contributed by atoms with Crippen LogP contribution in [0.1, 0.15) is 71.1 Å². The Morgan fingerprint density at radius 2 is 1.81 bits per heavy atom. The lowest BCUT2D eigenvalue weighted by molar-refractivity contribution is -0.145. The summed E-state index contributed by atoms with van der Waals surface area (Å²) < 4.78 is 0. The Kier molecular flexibility index (Phi) is 5.48. The molecule has 0 aromatic carbocycles. The second-order valence-electron chi connectivity index (χ2n) is 6.68. The molecule has 0 bridgehead atoms. The van der Waals surface area contributed by atoms with E-state index in [-0.39, 0.29) is 12.1 Å². The average molecular weight is 296 g/mol. The summed E-state index contributed by atoms with van der Waals surface area (Å²) >= 11 is 0. The molecule has 0 heterocycles. The molecule has 2 aliphatic rings. The minimum atomic E-state index is -1.07. The van der Waals surface area contributed by atoms with Crippen LogP contribution >= 0.6 is 0 Å². The van der Waals surface area contributed by atoms with Crippen LogP contribution in [-0.4, -0.2) is 28.7 Å². The van der Waals surface area contributed by atoms with Crippen LogP contribution in [-0.2, 0) is 4.79 Å². The van der Waals surface area contributed by atoms with Gasteiger partial charge in [0.25, 0.3) is 0 Å². The molecule has 0 saturated heterocycles. The molecule has 21 heavy (non-hydrogen) atoms. The van der Waals surface area contributed by atoms with Crippen molar-refractivity contribution in [3.8, 4) is 0 Å². The van der Waals surface area contributed by atoms with Crippen LogP contribution in [0.5, 0.6) is 0 Å². The average Bonchev–Trinajstić information content (AvgIpc) is 3.25. The first kappa shape index (κ1) is 16.1. The molecule has 5 heteroatoms. The summed E-state index contributed by atoms with van der Waals surface area (Å²) in [4.78, 5) is 23.9. The van der Waals surface area contributed by atoms with E-state index in [4.69, 9.17) is 0 Å². The molecule has 0 spiro atoms. The maximum Gasteiger partial charge on any atom is 0.329 e. The molecule has 2 amide bonds. The Morgan fingerprint density at radius 3 is 2.29 bits per heavy atom. The lowest BCUT2D eigenvalue weighted by Gasteiger charge is -2.30. The summed E-state index contributed by atoms with van der Waals surface area (Å²) in [5, 5.41) is 15.3. The third-order valence-corrected chi connectivity index (χ3v) is 4.86. The third kappa shape index (κ3) is 4.61. The van der Waals surface area contributed by atoms with E-state index in [0.717, 1.165) is 44.4 Å². The maximum atomic E-state index is 12.2. The molecule has 0 aliphatic heterocycles. The summed E-state index contributed by atoms with van der Waals surface area (Å²) in [5.41, 5.74) is -1.07. The fourth-order valence-electron chi connectivity index (χ4n) is 3.25. The van der Waals surface area contributed by atoms with Crippen molar-refractivity contribution in [1.82, 2.24) is 10.6 Å². The molecule has 2 saturated carbocycles. The minimum Gasteiger partial charge on any atom is -0.480 e. The summed E-state index contributed by atoms with van der Waals surface area (Å²) in [5.74, 6) is -0.142. The van der Waals surface area contributed by atoms with Crippen molar-refractivity contribution in [3.63, 3.8) is 0 Å². The van der Waals surface area contributed by atoms with Crippen LogP contribution in [0.15, 0.2) is 0 Å². The zero-order valence-corrected chi connectivity index (χ0v) is 13.0. The highest BCUT2D eigenvalue weighted by Crippen LogP contribution is 2.34. The molecule has 0 radical (unpaired) electrons. The van der Waals surface area contributed by atoms with Crippen molar-refractivity contribution in [2.75, 3.05) is 0 Å². The molecule has 0 aromatic heterocycles. The van der Waals surface area contributed by atoms with Gasteiger partial charge in [-0.05, 0) is 31.6 Å². The number of amides is 2. The summed E-state index contributed by atoms with van der Waals surface area (Å²) in [6.07, 6.45) is 9.35. The fourth-order valence-corrected chi connectivity index (χ4v) is 3.25. The number of rotatable bonds is 6. The number of aliphatic carboxylic acids is 1. The molecule has 2 fully saturated rings. The van der Waals surface area contributed by atoms with Gasteiger partial charge in [-0.1, -0.05) is 45.4 Å². The Balaban J connectivity index is 1.91. The number of hydrogen-bond donors (Lipinski definition) is 3. The largest absolute Gasteiger partial charge is 0.480 e. The number of nitrogens with one attached hydrogen (secondary N) is 2. The van der Waals surface area contributed by atoms with Crippen LogP contribution in [0.2, 0.25) is 0 Å². The second-order valence-corrected chi connectivity index (χ2v) is 6.68. The summed E-state index contributed by atoms with van der Waals surface area (Å²) in [6.45, 7) is 2.06. The van der Waals surface area contributed by atoms with Crippen LogP contribution in [0.4, 0.5) is 4.79 Å². The number of carboxylic acid groups (broad SMARTS) is 1. The van der Waals surface area contributed by atoms with Crippen LogP contribution in [0, 0.1) is 5.92 Å². The monoisotopic (exact) mass is 296 g/mol. The SMILES string of the molecule is CCC(CC1CC1)NC(=O)NC1(C(=O)O)CCCCCC1. The van der Waals surface area contributed by atoms with Gasteiger partial charge in [0.05, 0.1) is 0 Å². The van der Waals surface area contributed by atoms with E-state index in [1.807, 2.05) is 0 Å². The van der Waals surface area contributed by atoms with Crippen LogP contribution in [0.3, 0.4) is 0 Å². The molecule has 1 atom stereocenters. The smallest absolute Gasteiger partial charge is 0.329 e. The fraction of sp³-hybridized carbons (Fsp3) is 0.875. The topological polar surface area (TPSA) is 78.4 Å². The lowest BCUT2D eigenvalue weighted by Crippen LogP contribution is -2.58. The zero-order valence-electron chi connectivity index (χ0n) is 13.0. The van der Waals surface area contributed by atoms with E-state index in [1.165, 1.54) is 12.8 Å². The van der Waals surface area contributed by atoms with Crippen molar-refractivity contribution in [3.05, 3.63) is 0 Å². The standard InChI is InChI=1S/C16H28N2O3/c1-2-13(11-12-7-8-12)17-15(21)18-16(14(19)20)9-5-3-4-6-10-16/h12-13H,2-11H2,1H3,(H,19,20)(H2,17,18,21). The highest BCUT2D eigenvalue weighted by atomic mass is 16.4. The number of carbonyl (C=O) groups excluding carboxylic acids is 1. The van der Waals surface area contributed by atoms with E-state index in [0.29, 0.717) is 12.8 Å². The van der Waals surface area contributed by atoms with Crippen molar-refractivity contribution in [2.45, 2.75) is 82.7 Å². The van der Waals surface area contributed by atoms with Gasteiger partial charge >= 0.3 is 12.0 Å². The van der Waals surface area contributed by atoms with Crippen molar-refractivity contribution in [1.29, 1.82) is 0 Å². The summed E-state index contributed by atoms with van der Waals surface area (Å²) in [7, 11) is 0. The molecule has 3 N–H and O–H groups in total. The van der Waals surface area contributed by atoms with Gasteiger partial charge in [0.15, 0.2) is 0 Å². The first-order valence-corrected chi connectivity index (χ1v) is 8.38. The Labute approximate surface area is 126 Å². The first-order chi connectivity index (χ1) is 10.1. The van der Waals surface area contributed by atoms with Crippen LogP contribution in [0.25, 0.3) is 0 Å². The van der Waals surface area contributed by atoms with E-state index in [1.54, 1.807) is 0 Å². The molecular formula is C16H28N2O3. The van der Waals surface area contributed by atoms with Gasteiger partial charge in [0.1, 0.15) is 5.54 Å². The third-order valence-electron chi connectivity index (χ3n) is 4.86. The number of carbonyl (C=O) groups is 2. The van der Waals surface area contributed by atoms with Gasteiger partial charge in [0.2, 0.25) is 0 Å². The van der Waals surface area contributed by atoms with Gasteiger partial charge in [-0.3, -0.25) is 0 Å². The van der Waals surface area contributed by atoms with Gasteiger partial charge < -0.3 is 15.7 Å². The first-order valence-electron chi connectivity index (χ1n) is 8.38. The van der Waals surface area contributed by atoms with Crippen LogP contribution < -0.4 is 10.6 Å². The Hall–Kier alpha value is -1.26. The molecular weight excluding hydrogens is 268 g/mol. The van der Waals surface area contributed by atoms with E-state index in [2.05, 4.69) is 17.6 Å². The van der Waals surface area contributed by atoms with Gasteiger partial charge in [0, 0.05) is 6.04 Å². The zero-order chi connectivity index (χ0) is 15.3. The highest BCUT2D eigenvalue weighted by molar-refractivity contribution is 5.86. The van der Waals surface area contributed by atoms with Gasteiger partial charge in [-0.25, -0.2) is 9.59 Å². The van der Waals surface area contributed by atoms with Gasteiger partial charge in [-0.15, -0.1) is 0 Å².